The Balaban J connectivity index is 0.000000149. The molecule has 0 unspecified atom stereocenters. The van der Waals surface area contributed by atoms with Crippen LogP contribution in [0.15, 0.2) is 478 Å². The Morgan fingerprint density at radius 1 is 0.229 bits per heavy atom. The van der Waals surface area contributed by atoms with Gasteiger partial charge >= 0.3 is 0 Å². The van der Waals surface area contributed by atoms with E-state index in [2.05, 4.69) is 557 Å². The van der Waals surface area contributed by atoms with Crippen molar-refractivity contribution < 1.29 is 20.4 Å². The van der Waals surface area contributed by atoms with Gasteiger partial charge < -0.3 is 0 Å². The first-order valence-corrected chi connectivity index (χ1v) is 51.1. The molecule has 131 heavy (non-hydrogen) atoms. The van der Waals surface area contributed by atoms with Crippen molar-refractivity contribution in [3.8, 4) is 33.6 Å². The van der Waals surface area contributed by atoms with E-state index >= 15 is 0 Å². The number of hydrogen-bond acceptors (Lipinski definition) is 2. The van der Waals surface area contributed by atoms with Crippen molar-refractivity contribution in [3.05, 3.63) is 527 Å². The van der Waals surface area contributed by atoms with Crippen molar-refractivity contribution in [1.29, 1.82) is 0 Å². The van der Waals surface area contributed by atoms with Crippen LogP contribution in [0.25, 0.3) is 33.6 Å². The molecule has 2 heterocycles. The first-order valence-electron chi connectivity index (χ1n) is 44.1. The van der Waals surface area contributed by atoms with Gasteiger partial charge in [-0.25, -0.2) is 0 Å². The van der Waals surface area contributed by atoms with Crippen LogP contribution in [0, 0.1) is 45.4 Å². The summed E-state index contributed by atoms with van der Waals surface area (Å²) in [6.07, 6.45) is 5.64. The third-order valence-electron chi connectivity index (χ3n) is 20.7. The second kappa shape index (κ2) is 51.9. The number of halogens is 3. The van der Waals surface area contributed by atoms with Crippen LogP contribution in [-0.4, -0.2) is 9.97 Å². The maximum absolute atomic E-state index is 6.46. The van der Waals surface area contributed by atoms with Gasteiger partial charge in [0, 0.05) is 54.0 Å². The van der Waals surface area contributed by atoms with Crippen molar-refractivity contribution in [1.82, 2.24) is 9.97 Å². The van der Waals surface area contributed by atoms with Gasteiger partial charge in [0.05, 0.1) is 21.4 Å². The van der Waals surface area contributed by atoms with Gasteiger partial charge in [-0.05, 0) is 223 Å². The van der Waals surface area contributed by atoms with Gasteiger partial charge in [-0.1, -0.05) is 517 Å². The van der Waals surface area contributed by atoms with Crippen LogP contribution < -0.4 is 63.7 Å². The van der Waals surface area contributed by atoms with Crippen molar-refractivity contribution in [3.63, 3.8) is 0 Å². The molecule has 10 heteroatoms. The van der Waals surface area contributed by atoms with E-state index in [0.29, 0.717) is 15.5 Å². The summed E-state index contributed by atoms with van der Waals surface area (Å²) >= 11 is 15.8. The molecule has 0 aliphatic heterocycles. The van der Waals surface area contributed by atoms with Crippen LogP contribution in [0.3, 0.4) is 0 Å². The number of rotatable bonds is 17. The Hall–Kier alpha value is -10.7. The molecule has 18 aromatic rings. The minimum absolute atomic E-state index is 0. The molecule has 0 saturated heterocycles. The van der Waals surface area contributed by atoms with Crippen LogP contribution in [0.1, 0.15) is 80.5 Å². The molecule has 0 amide bonds. The van der Waals surface area contributed by atoms with Gasteiger partial charge in [0.1, 0.15) is 0 Å². The molecule has 0 bridgehead atoms. The van der Waals surface area contributed by atoms with E-state index < -0.39 is 31.7 Å². The van der Waals surface area contributed by atoms with Crippen LogP contribution >= 0.6 is 70.8 Å². The molecule has 2 aromatic heterocycles. The van der Waals surface area contributed by atoms with Crippen LogP contribution in [-0.2, 0) is 33.3 Å². The molecule has 0 N–H and O–H groups in total. The molecule has 0 spiro atoms. The van der Waals surface area contributed by atoms with Crippen molar-refractivity contribution in [2.75, 3.05) is 0 Å². The number of hydrogen-bond donors (Lipinski definition) is 0. The van der Waals surface area contributed by atoms with E-state index in [1.807, 2.05) is 6.07 Å². The summed E-state index contributed by atoms with van der Waals surface area (Å²) < 4.78 is 0.873. The number of pyridine rings is 2. The third kappa shape index (κ3) is 32.3. The standard InChI is InChI=1S/C24H26ClN.4C18H15P.C13H11BrClN.C12H18.Pd/c1-16-10-17(2)12-20(11-16)23-13-21(22(25)15-26-23)19-8-6-18(7-9-19)14-24(3,4)5;4*1-4-10-16(11-5-1)19(17-12-6-2-7-13-17)18-14-8-3-9-15-18;1-8-3-9(2)5-10(4-8)13-6-11(14)12(15)7-16-13;1-10-5-7-11(8-6-10)9-12(2,3)4;/h6-13,15H,14H2,1-5H3;4*1-15H;3-7H,1-2H3;5-8H,9H2,1-4H3;. The Bertz CT molecular complexity index is 5470. The fourth-order valence-electron chi connectivity index (χ4n) is 15.1. The van der Waals surface area contributed by atoms with Gasteiger partial charge in [0.25, 0.3) is 0 Å². The first kappa shape index (κ1) is 101. The minimum atomic E-state index is -0.446. The first-order chi connectivity index (χ1) is 63.0. The molecular weight excluding hydrogens is 1860 g/mol. The third-order valence-corrected chi connectivity index (χ3v) is 32.0. The quantitative estimate of drug-likeness (QED) is 0.0671. The van der Waals surface area contributed by atoms with E-state index in [-0.39, 0.29) is 25.8 Å². The molecule has 0 fully saturated rings. The maximum atomic E-state index is 6.46. The molecule has 18 rings (SSSR count). The Labute approximate surface area is 818 Å². The smallest absolute Gasteiger partial charge is 0.0731 e. The van der Waals surface area contributed by atoms with Crippen LogP contribution in [0.4, 0.5) is 0 Å². The number of nitrogens with zero attached hydrogens (tertiary/aromatic N) is 2. The van der Waals surface area contributed by atoms with Crippen molar-refractivity contribution >= 4 is 134 Å². The SMILES string of the molecule is Cc1cc(C)cc(-c2cc(-c3ccc(CC(C)(C)C)cc3)c(Cl)cn2)c1.Cc1cc(C)cc(-c2cc(Br)c(Cl)cn2)c1.Cc1ccc(CC(C)(C)C)cc1.[Pd].c1ccc(P(c2ccccc2)c2ccccc2)cc1.c1ccc(P(c2ccccc2)c2ccccc2)cc1.c1ccc(P(c2ccccc2)c2ccccc2)cc1.c1ccc(P(c2ccccc2)c2ccccc2)cc1. The number of benzene rings is 16. The monoisotopic (exact) mass is 1970 g/mol. The summed E-state index contributed by atoms with van der Waals surface area (Å²) in [6, 6.07) is 164. The van der Waals surface area contributed by atoms with E-state index in [1.54, 1.807) is 12.4 Å². The summed E-state index contributed by atoms with van der Waals surface area (Å²) in [6.45, 7) is 24.1. The van der Waals surface area contributed by atoms with Gasteiger partial charge in [0.2, 0.25) is 0 Å². The average Bonchev–Trinajstić information content (AvgIpc) is 0.795. The van der Waals surface area contributed by atoms with Crippen molar-refractivity contribution in [2.24, 2.45) is 10.8 Å². The van der Waals surface area contributed by atoms with Gasteiger partial charge in [-0.15, -0.1) is 0 Å². The number of aryl methyl sites for hydroxylation is 5. The van der Waals surface area contributed by atoms with Crippen molar-refractivity contribution in [2.45, 2.75) is 89.0 Å². The van der Waals surface area contributed by atoms with Gasteiger partial charge in [-0.2, -0.15) is 0 Å². The predicted octanol–water partition coefficient (Wildman–Crippen LogP) is 29.4. The summed E-state index contributed by atoms with van der Waals surface area (Å²) in [5, 5.41) is 18.1. The summed E-state index contributed by atoms with van der Waals surface area (Å²) in [4.78, 5) is 8.88. The zero-order chi connectivity index (χ0) is 91.5. The molecule has 0 radical (unpaired) electrons. The van der Waals surface area contributed by atoms with E-state index in [1.165, 1.54) is 103 Å². The van der Waals surface area contributed by atoms with Gasteiger partial charge in [-0.3, -0.25) is 9.97 Å². The molecule has 0 aliphatic rings. The second-order valence-corrected chi connectivity index (χ2v) is 44.9. The predicted molar refractivity (Wildman–Crippen MR) is 580 cm³/mol. The topological polar surface area (TPSA) is 25.8 Å². The second-order valence-electron chi connectivity index (χ2n) is 34.3. The normalized spacial score (nSPS) is 10.8. The zero-order valence-corrected chi connectivity index (χ0v) is 84.8. The van der Waals surface area contributed by atoms with E-state index in [0.717, 1.165) is 51.0 Å². The van der Waals surface area contributed by atoms with Crippen LogP contribution in [0.2, 0.25) is 10.0 Å². The fourth-order valence-corrected chi connectivity index (χ4v) is 24.9. The zero-order valence-electron chi connectivity index (χ0n) is 76.6. The fraction of sp³-hybridized carbons (Fsp3) is 0.124. The molecule has 16 aromatic carbocycles. The molecule has 2 nitrogen and oxygen atoms in total. The maximum Gasteiger partial charge on any atom is 0.0731 e. The van der Waals surface area contributed by atoms with E-state index in [4.69, 9.17) is 23.2 Å². The Morgan fingerprint density at radius 3 is 0.634 bits per heavy atom. The molecule has 0 saturated carbocycles. The molecular formula is C121H115BrCl2N2P4Pd. The summed E-state index contributed by atoms with van der Waals surface area (Å²) in [7, 11) is -1.78. The largest absolute Gasteiger partial charge is 0.255 e. The average molecular weight is 1980 g/mol. The number of aromatic nitrogens is 2. The molecule has 0 aliphatic carbocycles. The Kier molecular flexibility index (Phi) is 39.9. The van der Waals surface area contributed by atoms with Gasteiger partial charge in [0.15, 0.2) is 0 Å². The Morgan fingerprint density at radius 2 is 0.427 bits per heavy atom. The molecule has 0 atom stereocenters. The summed E-state index contributed by atoms with van der Waals surface area (Å²) in [5.41, 5.74) is 16.1. The summed E-state index contributed by atoms with van der Waals surface area (Å²) in [5.74, 6) is 0. The van der Waals surface area contributed by atoms with E-state index in [9.17, 15) is 0 Å². The molecule has 660 valence electrons. The minimum Gasteiger partial charge on any atom is -0.255 e. The van der Waals surface area contributed by atoms with Crippen LogP contribution in [0.5, 0.6) is 0 Å².